The predicted molar refractivity (Wildman–Crippen MR) is 100 cm³/mol. The molecule has 8 heteroatoms. The Morgan fingerprint density at radius 2 is 2.27 bits per heavy atom. The zero-order valence-corrected chi connectivity index (χ0v) is 15.4. The van der Waals surface area contributed by atoms with E-state index in [4.69, 9.17) is 5.73 Å². The molecule has 1 fully saturated rings. The summed E-state index contributed by atoms with van der Waals surface area (Å²) >= 11 is 1.43. The molecule has 7 nitrogen and oxygen atoms in total. The number of carbonyl (C=O) groups is 2. The fourth-order valence-electron chi connectivity index (χ4n) is 3.03. The first-order valence-corrected chi connectivity index (χ1v) is 9.65. The number of nitrogen functional groups attached to an aromatic ring is 1. The van der Waals surface area contributed by atoms with Gasteiger partial charge in [-0.15, -0.1) is 11.3 Å². The summed E-state index contributed by atoms with van der Waals surface area (Å²) in [7, 11) is 0. The maximum absolute atomic E-state index is 12.4. The first-order chi connectivity index (χ1) is 12.6. The molecule has 0 saturated carbocycles. The van der Waals surface area contributed by atoms with Crippen LogP contribution in [0.4, 0.5) is 5.13 Å². The normalized spacial score (nSPS) is 17.3. The van der Waals surface area contributed by atoms with Gasteiger partial charge in [0.05, 0.1) is 23.9 Å². The number of piperidine rings is 1. The number of hydrogen-bond acceptors (Lipinski definition) is 6. The Kier molecular flexibility index (Phi) is 6.17. The average Bonchev–Trinajstić information content (AvgIpc) is 3.06. The third-order valence-corrected chi connectivity index (χ3v) is 5.15. The smallest absolute Gasteiger partial charge is 0.224 e. The summed E-state index contributed by atoms with van der Waals surface area (Å²) in [6.45, 7) is 1.50. The Labute approximate surface area is 156 Å². The van der Waals surface area contributed by atoms with E-state index in [1.54, 1.807) is 11.1 Å². The fourth-order valence-corrected chi connectivity index (χ4v) is 3.63. The molecule has 1 atom stereocenters. The van der Waals surface area contributed by atoms with Crippen LogP contribution in [0.25, 0.3) is 0 Å². The SMILES string of the molecule is Nc1nc(CCCNC(=O)[C@H]2CCC(=O)N(Cc3ccccn3)C2)cs1. The predicted octanol–water partition coefficient (Wildman–Crippen LogP) is 1.61. The van der Waals surface area contributed by atoms with Crippen LogP contribution in [-0.2, 0) is 22.6 Å². The highest BCUT2D eigenvalue weighted by Crippen LogP contribution is 2.19. The molecule has 2 aromatic rings. The lowest BCUT2D eigenvalue weighted by Crippen LogP contribution is -2.45. The zero-order chi connectivity index (χ0) is 18.4. The van der Waals surface area contributed by atoms with Gasteiger partial charge in [-0.05, 0) is 31.4 Å². The van der Waals surface area contributed by atoms with Gasteiger partial charge in [0.15, 0.2) is 5.13 Å². The van der Waals surface area contributed by atoms with Crippen molar-refractivity contribution in [1.29, 1.82) is 0 Å². The number of amides is 2. The van der Waals surface area contributed by atoms with Crippen molar-refractivity contribution in [3.05, 3.63) is 41.2 Å². The van der Waals surface area contributed by atoms with Crippen molar-refractivity contribution < 1.29 is 9.59 Å². The zero-order valence-electron chi connectivity index (χ0n) is 14.6. The minimum Gasteiger partial charge on any atom is -0.375 e. The number of likely N-dealkylation sites (tertiary alicyclic amines) is 1. The molecule has 3 heterocycles. The molecule has 0 aromatic carbocycles. The molecule has 138 valence electrons. The summed E-state index contributed by atoms with van der Waals surface area (Å²) in [5.74, 6) is -0.0616. The van der Waals surface area contributed by atoms with E-state index in [2.05, 4.69) is 15.3 Å². The number of carbonyl (C=O) groups excluding carboxylic acids is 2. The van der Waals surface area contributed by atoms with Crippen LogP contribution in [0.5, 0.6) is 0 Å². The number of rotatable bonds is 7. The van der Waals surface area contributed by atoms with E-state index in [9.17, 15) is 9.59 Å². The highest BCUT2D eigenvalue weighted by molar-refractivity contribution is 7.13. The summed E-state index contributed by atoms with van der Waals surface area (Å²) in [6, 6.07) is 5.64. The lowest BCUT2D eigenvalue weighted by Gasteiger charge is -2.31. The maximum Gasteiger partial charge on any atom is 0.224 e. The number of nitrogens with two attached hydrogens (primary N) is 1. The van der Waals surface area contributed by atoms with Gasteiger partial charge >= 0.3 is 0 Å². The van der Waals surface area contributed by atoms with E-state index in [0.29, 0.717) is 37.6 Å². The quantitative estimate of drug-likeness (QED) is 0.718. The van der Waals surface area contributed by atoms with Gasteiger partial charge in [-0.2, -0.15) is 0 Å². The summed E-state index contributed by atoms with van der Waals surface area (Å²) in [5.41, 5.74) is 7.41. The van der Waals surface area contributed by atoms with Gasteiger partial charge < -0.3 is 16.0 Å². The van der Waals surface area contributed by atoms with Crippen LogP contribution in [0.1, 0.15) is 30.7 Å². The van der Waals surface area contributed by atoms with Crippen molar-refractivity contribution >= 4 is 28.3 Å². The number of pyridine rings is 1. The molecule has 3 rings (SSSR count). The molecule has 0 aliphatic carbocycles. The molecular weight excluding hydrogens is 350 g/mol. The van der Waals surface area contributed by atoms with E-state index in [1.807, 2.05) is 23.6 Å². The third-order valence-electron chi connectivity index (χ3n) is 4.43. The number of aromatic nitrogens is 2. The molecule has 0 unspecified atom stereocenters. The molecule has 2 aromatic heterocycles. The van der Waals surface area contributed by atoms with Gasteiger partial charge in [-0.3, -0.25) is 14.6 Å². The number of hydrogen-bond donors (Lipinski definition) is 2. The Morgan fingerprint density at radius 1 is 1.38 bits per heavy atom. The Morgan fingerprint density at radius 3 is 3.00 bits per heavy atom. The Balaban J connectivity index is 1.44. The van der Waals surface area contributed by atoms with E-state index >= 15 is 0 Å². The van der Waals surface area contributed by atoms with Crippen LogP contribution in [0.15, 0.2) is 29.8 Å². The summed E-state index contributed by atoms with van der Waals surface area (Å²) < 4.78 is 0. The lowest BCUT2D eigenvalue weighted by atomic mass is 9.96. The van der Waals surface area contributed by atoms with Gasteiger partial charge in [0.25, 0.3) is 0 Å². The van der Waals surface area contributed by atoms with E-state index in [-0.39, 0.29) is 17.7 Å². The van der Waals surface area contributed by atoms with Crippen LogP contribution in [0.3, 0.4) is 0 Å². The molecule has 1 aliphatic heterocycles. The number of anilines is 1. The third kappa shape index (κ3) is 5.01. The summed E-state index contributed by atoms with van der Waals surface area (Å²) in [4.78, 5) is 34.8. The maximum atomic E-state index is 12.4. The molecule has 1 saturated heterocycles. The van der Waals surface area contributed by atoms with E-state index < -0.39 is 0 Å². The second kappa shape index (κ2) is 8.75. The van der Waals surface area contributed by atoms with Gasteiger partial charge in [0, 0.05) is 31.1 Å². The van der Waals surface area contributed by atoms with Crippen LogP contribution in [0, 0.1) is 5.92 Å². The standard InChI is InChI=1S/C18H23N5O2S/c19-18-22-15(12-26-18)5-3-9-21-17(25)13-6-7-16(24)23(10-13)11-14-4-1-2-8-20-14/h1-2,4,8,12-13H,3,5-7,9-11H2,(H2,19,22)(H,21,25)/t13-/m0/s1. The second-order valence-corrected chi connectivity index (χ2v) is 7.29. The summed E-state index contributed by atoms with van der Waals surface area (Å²) in [5, 5.41) is 5.50. The van der Waals surface area contributed by atoms with Crippen LogP contribution >= 0.6 is 11.3 Å². The molecular formula is C18H23N5O2S. The summed E-state index contributed by atoms with van der Waals surface area (Å²) in [6.07, 6.45) is 4.33. The van der Waals surface area contributed by atoms with Crippen molar-refractivity contribution in [3.63, 3.8) is 0 Å². The first-order valence-electron chi connectivity index (χ1n) is 8.77. The molecule has 0 radical (unpaired) electrons. The van der Waals surface area contributed by atoms with Gasteiger partial charge in [0.2, 0.25) is 11.8 Å². The Hall–Kier alpha value is -2.48. The molecule has 0 spiro atoms. The highest BCUT2D eigenvalue weighted by atomic mass is 32.1. The fraction of sp³-hybridized carbons (Fsp3) is 0.444. The number of aryl methyl sites for hydroxylation is 1. The number of thiazole rings is 1. The second-order valence-electron chi connectivity index (χ2n) is 6.40. The number of nitrogens with one attached hydrogen (secondary N) is 1. The van der Waals surface area contributed by atoms with Gasteiger partial charge in [0.1, 0.15) is 0 Å². The van der Waals surface area contributed by atoms with E-state index in [0.717, 1.165) is 24.2 Å². The van der Waals surface area contributed by atoms with Crippen molar-refractivity contribution in [2.24, 2.45) is 5.92 Å². The first kappa shape index (κ1) is 18.3. The van der Waals surface area contributed by atoms with Crippen LogP contribution in [-0.4, -0.2) is 39.8 Å². The van der Waals surface area contributed by atoms with Crippen molar-refractivity contribution in [2.75, 3.05) is 18.8 Å². The van der Waals surface area contributed by atoms with Crippen LogP contribution in [0.2, 0.25) is 0 Å². The molecule has 3 N–H and O–H groups in total. The Bertz CT molecular complexity index is 749. The van der Waals surface area contributed by atoms with Crippen molar-refractivity contribution in [2.45, 2.75) is 32.2 Å². The number of nitrogens with zero attached hydrogens (tertiary/aromatic N) is 3. The van der Waals surface area contributed by atoms with Gasteiger partial charge in [-0.1, -0.05) is 6.07 Å². The van der Waals surface area contributed by atoms with Crippen LogP contribution < -0.4 is 11.1 Å². The largest absolute Gasteiger partial charge is 0.375 e. The average molecular weight is 373 g/mol. The minimum absolute atomic E-state index is 0.0151. The highest BCUT2D eigenvalue weighted by Gasteiger charge is 2.30. The minimum atomic E-state index is -0.161. The van der Waals surface area contributed by atoms with Crippen molar-refractivity contribution in [3.8, 4) is 0 Å². The topological polar surface area (TPSA) is 101 Å². The lowest BCUT2D eigenvalue weighted by molar-refractivity contribution is -0.138. The molecule has 0 bridgehead atoms. The van der Waals surface area contributed by atoms with Crippen molar-refractivity contribution in [1.82, 2.24) is 20.2 Å². The molecule has 2 amide bonds. The molecule has 1 aliphatic rings. The van der Waals surface area contributed by atoms with Gasteiger partial charge in [-0.25, -0.2) is 4.98 Å². The van der Waals surface area contributed by atoms with E-state index in [1.165, 1.54) is 11.3 Å². The monoisotopic (exact) mass is 373 g/mol. The molecule has 26 heavy (non-hydrogen) atoms.